The van der Waals surface area contributed by atoms with Gasteiger partial charge in [-0.3, -0.25) is 14.3 Å². The average molecular weight is 338 g/mol. The van der Waals surface area contributed by atoms with Crippen molar-refractivity contribution in [1.29, 1.82) is 0 Å². The molecule has 0 amide bonds. The minimum atomic E-state index is -0.486. The van der Waals surface area contributed by atoms with E-state index in [9.17, 15) is 9.59 Å². The van der Waals surface area contributed by atoms with Crippen molar-refractivity contribution in [2.24, 2.45) is 0 Å². The Hall–Kier alpha value is -0.670. The molecule has 1 fully saturated rings. The van der Waals surface area contributed by atoms with E-state index in [1.807, 2.05) is 0 Å². The van der Waals surface area contributed by atoms with Gasteiger partial charge >= 0.3 is 5.69 Å². The maximum atomic E-state index is 11.5. The van der Waals surface area contributed by atoms with Crippen molar-refractivity contribution in [2.75, 3.05) is 6.61 Å². The van der Waals surface area contributed by atoms with E-state index in [2.05, 4.69) is 27.6 Å². The standard InChI is InChI=1S/C9H11IN2O4/c10-5-3-8(16-6(5)4-13)12-2-1-7(14)11-9(12)15/h1-2,5-6,8,13H,3-4H2,(H,11,14,15)/t5-,6+,8+/m0/s1. The normalized spacial score (nSPS) is 29.5. The zero-order chi connectivity index (χ0) is 11.7. The molecule has 6 nitrogen and oxygen atoms in total. The van der Waals surface area contributed by atoms with Gasteiger partial charge in [0.1, 0.15) is 6.23 Å². The maximum Gasteiger partial charge on any atom is 0.330 e. The quantitative estimate of drug-likeness (QED) is 0.569. The lowest BCUT2D eigenvalue weighted by atomic mass is 10.2. The molecular formula is C9H11IN2O4. The molecule has 1 aromatic heterocycles. The highest BCUT2D eigenvalue weighted by Crippen LogP contribution is 2.32. The minimum absolute atomic E-state index is 0.0673. The van der Waals surface area contributed by atoms with Crippen LogP contribution in [0.15, 0.2) is 21.9 Å². The van der Waals surface area contributed by atoms with Gasteiger partial charge in [0.15, 0.2) is 0 Å². The number of aromatic nitrogens is 2. The van der Waals surface area contributed by atoms with Crippen LogP contribution in [-0.2, 0) is 4.74 Å². The number of hydrogen-bond acceptors (Lipinski definition) is 4. The van der Waals surface area contributed by atoms with Crippen molar-refractivity contribution in [2.45, 2.75) is 22.7 Å². The van der Waals surface area contributed by atoms with Crippen LogP contribution in [-0.4, -0.2) is 31.3 Å². The molecule has 0 bridgehead atoms. The van der Waals surface area contributed by atoms with Gasteiger partial charge in [0.2, 0.25) is 0 Å². The van der Waals surface area contributed by atoms with E-state index in [-0.39, 0.29) is 16.6 Å². The Morgan fingerprint density at radius 2 is 2.38 bits per heavy atom. The molecule has 0 aliphatic carbocycles. The van der Waals surface area contributed by atoms with Crippen LogP contribution in [0.1, 0.15) is 12.6 Å². The summed E-state index contributed by atoms with van der Waals surface area (Å²) < 4.78 is 7.01. The Morgan fingerprint density at radius 1 is 1.62 bits per heavy atom. The highest BCUT2D eigenvalue weighted by Gasteiger charge is 2.34. The third-order valence-corrected chi connectivity index (χ3v) is 3.81. The first kappa shape index (κ1) is 11.8. The predicted molar refractivity (Wildman–Crippen MR) is 64.7 cm³/mol. The zero-order valence-electron chi connectivity index (χ0n) is 8.30. The molecule has 3 atom stereocenters. The van der Waals surface area contributed by atoms with Crippen molar-refractivity contribution < 1.29 is 9.84 Å². The lowest BCUT2D eigenvalue weighted by Crippen LogP contribution is -2.31. The number of aliphatic hydroxyl groups is 1. The molecule has 1 aromatic rings. The van der Waals surface area contributed by atoms with Crippen LogP contribution < -0.4 is 11.2 Å². The number of alkyl halides is 1. The highest BCUT2D eigenvalue weighted by molar-refractivity contribution is 14.1. The fourth-order valence-electron chi connectivity index (χ4n) is 1.68. The minimum Gasteiger partial charge on any atom is -0.394 e. The second-order valence-corrected chi connectivity index (χ2v) is 5.18. The average Bonchev–Trinajstić information content (AvgIpc) is 2.59. The molecule has 88 valence electrons. The number of ether oxygens (including phenoxy) is 1. The molecule has 2 N–H and O–H groups in total. The van der Waals surface area contributed by atoms with Crippen molar-refractivity contribution in [1.82, 2.24) is 9.55 Å². The van der Waals surface area contributed by atoms with Crippen LogP contribution >= 0.6 is 22.6 Å². The zero-order valence-corrected chi connectivity index (χ0v) is 10.5. The summed E-state index contributed by atoms with van der Waals surface area (Å²) in [4.78, 5) is 24.6. The third-order valence-electron chi connectivity index (χ3n) is 2.50. The summed E-state index contributed by atoms with van der Waals surface area (Å²) in [5, 5.41) is 9.04. The summed E-state index contributed by atoms with van der Waals surface area (Å²) in [6, 6.07) is 1.28. The summed E-state index contributed by atoms with van der Waals surface area (Å²) in [6.45, 7) is -0.0673. The third kappa shape index (κ3) is 2.20. The predicted octanol–water partition coefficient (Wildman–Crippen LogP) is -0.380. The van der Waals surface area contributed by atoms with Crippen LogP contribution in [0.25, 0.3) is 0 Å². The molecule has 0 radical (unpaired) electrons. The topological polar surface area (TPSA) is 84.3 Å². The SMILES string of the molecule is O=c1ccn([C@H]2C[C@H](I)[C@@H](CO)O2)c(=O)[nH]1. The summed E-state index contributed by atoms with van der Waals surface area (Å²) >= 11 is 2.18. The van der Waals surface area contributed by atoms with Crippen LogP contribution in [0.5, 0.6) is 0 Å². The molecule has 16 heavy (non-hydrogen) atoms. The Balaban J connectivity index is 2.27. The number of nitrogens with zero attached hydrogens (tertiary/aromatic N) is 1. The summed E-state index contributed by atoms with van der Waals surface area (Å²) in [5.74, 6) is 0. The van der Waals surface area contributed by atoms with E-state index < -0.39 is 17.5 Å². The molecule has 0 spiro atoms. The van der Waals surface area contributed by atoms with Crippen molar-refractivity contribution in [3.05, 3.63) is 33.1 Å². The molecule has 0 unspecified atom stereocenters. The number of H-pyrrole nitrogens is 1. The lowest BCUT2D eigenvalue weighted by Gasteiger charge is -2.13. The first-order chi connectivity index (χ1) is 7.61. The number of nitrogens with one attached hydrogen (secondary N) is 1. The molecule has 1 aliphatic heterocycles. The Labute approximate surface area is 104 Å². The fraction of sp³-hybridized carbons (Fsp3) is 0.556. The molecular weight excluding hydrogens is 327 g/mol. The van der Waals surface area contributed by atoms with Gasteiger partial charge in [-0.25, -0.2) is 4.79 Å². The van der Waals surface area contributed by atoms with Gasteiger partial charge in [-0.05, 0) is 0 Å². The molecule has 0 aromatic carbocycles. The van der Waals surface area contributed by atoms with E-state index in [0.717, 1.165) is 0 Å². The van der Waals surface area contributed by atoms with Gasteiger partial charge in [0.25, 0.3) is 5.56 Å². The van der Waals surface area contributed by atoms with Crippen LogP contribution in [0.4, 0.5) is 0 Å². The smallest absolute Gasteiger partial charge is 0.330 e. The van der Waals surface area contributed by atoms with Gasteiger partial charge in [-0.2, -0.15) is 0 Å². The van der Waals surface area contributed by atoms with E-state index in [4.69, 9.17) is 9.84 Å². The summed E-state index contributed by atoms with van der Waals surface area (Å²) in [7, 11) is 0. The highest BCUT2D eigenvalue weighted by atomic mass is 127. The van der Waals surface area contributed by atoms with E-state index in [1.54, 1.807) is 0 Å². The molecule has 0 saturated carbocycles. The second kappa shape index (κ2) is 4.68. The van der Waals surface area contributed by atoms with Gasteiger partial charge in [-0.1, -0.05) is 22.6 Å². The Bertz CT molecular complexity index is 483. The first-order valence-electron chi connectivity index (χ1n) is 4.83. The largest absolute Gasteiger partial charge is 0.394 e. The fourth-order valence-corrected chi connectivity index (χ4v) is 2.51. The molecule has 1 saturated heterocycles. The van der Waals surface area contributed by atoms with E-state index in [1.165, 1.54) is 16.8 Å². The monoisotopic (exact) mass is 338 g/mol. The molecule has 7 heteroatoms. The first-order valence-corrected chi connectivity index (χ1v) is 6.08. The van der Waals surface area contributed by atoms with E-state index >= 15 is 0 Å². The van der Waals surface area contributed by atoms with Gasteiger partial charge in [0, 0.05) is 22.6 Å². The van der Waals surface area contributed by atoms with Crippen molar-refractivity contribution in [3.63, 3.8) is 0 Å². The van der Waals surface area contributed by atoms with Gasteiger partial charge in [0.05, 0.1) is 12.7 Å². The van der Waals surface area contributed by atoms with Crippen molar-refractivity contribution >= 4 is 22.6 Å². The van der Waals surface area contributed by atoms with Gasteiger partial charge < -0.3 is 9.84 Å². The van der Waals surface area contributed by atoms with Crippen LogP contribution in [0.3, 0.4) is 0 Å². The number of rotatable bonds is 2. The van der Waals surface area contributed by atoms with Crippen LogP contribution in [0.2, 0.25) is 0 Å². The molecule has 2 rings (SSSR count). The van der Waals surface area contributed by atoms with E-state index in [0.29, 0.717) is 6.42 Å². The maximum absolute atomic E-state index is 11.5. The number of hydrogen-bond donors (Lipinski definition) is 2. The number of aromatic amines is 1. The Morgan fingerprint density at radius 3 is 2.94 bits per heavy atom. The molecule has 1 aliphatic rings. The Kier molecular flexibility index (Phi) is 3.45. The van der Waals surface area contributed by atoms with Crippen molar-refractivity contribution in [3.8, 4) is 0 Å². The van der Waals surface area contributed by atoms with Gasteiger partial charge in [-0.15, -0.1) is 0 Å². The summed E-state index contributed by atoms with van der Waals surface area (Å²) in [5.41, 5.74) is -0.913. The second-order valence-electron chi connectivity index (χ2n) is 3.58. The number of halogens is 1. The number of aliphatic hydroxyl groups excluding tert-OH is 1. The molecule has 2 heterocycles. The summed E-state index contributed by atoms with van der Waals surface area (Å²) in [6.07, 6.45) is 1.37. The lowest BCUT2D eigenvalue weighted by molar-refractivity contribution is -0.0231. The van der Waals surface area contributed by atoms with Crippen LogP contribution in [0, 0.1) is 0 Å².